The Balaban J connectivity index is 1.40. The van der Waals surface area contributed by atoms with Crippen LogP contribution >= 0.6 is 24.0 Å². The van der Waals surface area contributed by atoms with Crippen LogP contribution in [0, 0.1) is 5.82 Å². The molecule has 0 saturated carbocycles. The number of carbonyl (C=O) groups is 3. The van der Waals surface area contributed by atoms with Crippen molar-refractivity contribution in [3.8, 4) is 11.5 Å². The van der Waals surface area contributed by atoms with Crippen LogP contribution in [0.4, 0.5) is 4.39 Å². The van der Waals surface area contributed by atoms with Crippen molar-refractivity contribution in [2.24, 2.45) is 0 Å². The van der Waals surface area contributed by atoms with E-state index in [0.717, 1.165) is 22.2 Å². The molecule has 2 aromatic carbocycles. The third kappa shape index (κ3) is 5.79. The van der Waals surface area contributed by atoms with Crippen LogP contribution in [-0.2, 0) is 25.5 Å². The van der Waals surface area contributed by atoms with E-state index in [1.165, 1.54) is 18.2 Å². The second-order valence-corrected chi connectivity index (χ2v) is 9.25. The van der Waals surface area contributed by atoms with E-state index in [1.54, 1.807) is 18.2 Å². The molecule has 176 valence electrons. The van der Waals surface area contributed by atoms with E-state index in [1.807, 2.05) is 12.1 Å². The predicted octanol–water partition coefficient (Wildman–Crippen LogP) is 2.96. The summed E-state index contributed by atoms with van der Waals surface area (Å²) in [6.07, 6.45) is 1.96. The number of morpholine rings is 1. The molecule has 0 aromatic heterocycles. The second kappa shape index (κ2) is 10.3. The van der Waals surface area contributed by atoms with Gasteiger partial charge >= 0.3 is 5.97 Å². The highest BCUT2D eigenvalue weighted by Crippen LogP contribution is 2.33. The van der Waals surface area contributed by atoms with Crippen LogP contribution < -0.4 is 10.1 Å². The molecule has 34 heavy (non-hydrogen) atoms. The first-order chi connectivity index (χ1) is 16.3. The van der Waals surface area contributed by atoms with Gasteiger partial charge in [-0.2, -0.15) is 0 Å². The number of carboxylic acid groups (broad SMARTS) is 1. The van der Waals surface area contributed by atoms with Crippen molar-refractivity contribution in [2.45, 2.75) is 12.5 Å². The van der Waals surface area contributed by atoms with Crippen molar-refractivity contribution in [1.82, 2.24) is 10.2 Å². The molecular weight excluding hydrogens is 483 g/mol. The summed E-state index contributed by atoms with van der Waals surface area (Å²) in [5, 5.41) is 11.8. The fourth-order valence-electron chi connectivity index (χ4n) is 3.43. The van der Waals surface area contributed by atoms with Gasteiger partial charge in [0, 0.05) is 11.6 Å². The third-order valence-electron chi connectivity index (χ3n) is 4.98. The summed E-state index contributed by atoms with van der Waals surface area (Å²) in [7, 11) is 0. The number of ether oxygens (including phenoxy) is 2. The van der Waals surface area contributed by atoms with Crippen molar-refractivity contribution < 1.29 is 33.4 Å². The number of amides is 2. The number of halogens is 1. The van der Waals surface area contributed by atoms with Gasteiger partial charge in [-0.05, 0) is 42.3 Å². The molecule has 2 aliphatic rings. The number of hydrogen-bond donors (Lipinski definition) is 2. The first-order valence-corrected chi connectivity index (χ1v) is 11.4. The van der Waals surface area contributed by atoms with E-state index in [0.29, 0.717) is 18.8 Å². The van der Waals surface area contributed by atoms with Gasteiger partial charge in [-0.15, -0.1) is 0 Å². The highest BCUT2D eigenvalue weighted by Gasteiger charge is 2.33. The molecule has 2 amide bonds. The Morgan fingerprint density at radius 1 is 1.26 bits per heavy atom. The van der Waals surface area contributed by atoms with Gasteiger partial charge in [0.25, 0.3) is 5.91 Å². The number of nitrogens with one attached hydrogen (secondary N) is 1. The normalized spacial score (nSPS) is 19.4. The minimum Gasteiger partial charge on any atom is -0.480 e. The molecule has 2 fully saturated rings. The van der Waals surface area contributed by atoms with Crippen molar-refractivity contribution in [2.75, 3.05) is 19.8 Å². The van der Waals surface area contributed by atoms with Crippen LogP contribution in [0.3, 0.4) is 0 Å². The molecule has 0 spiro atoms. The predicted molar refractivity (Wildman–Crippen MR) is 127 cm³/mol. The monoisotopic (exact) mass is 502 g/mol. The molecular formula is C23H19FN2O6S2. The minimum absolute atomic E-state index is 0.0840. The molecule has 0 aliphatic carbocycles. The van der Waals surface area contributed by atoms with Crippen LogP contribution in [0.15, 0.2) is 47.4 Å². The number of nitrogens with zero attached hydrogens (tertiary/aromatic N) is 1. The first-order valence-electron chi connectivity index (χ1n) is 10.2. The summed E-state index contributed by atoms with van der Waals surface area (Å²) in [6, 6.07) is 11.4. The van der Waals surface area contributed by atoms with Crippen LogP contribution in [0.1, 0.15) is 11.1 Å². The molecule has 0 radical (unpaired) electrons. The average molecular weight is 503 g/mol. The Hall–Kier alpha value is -3.28. The van der Waals surface area contributed by atoms with E-state index in [-0.39, 0.29) is 39.1 Å². The van der Waals surface area contributed by atoms with Crippen molar-refractivity contribution >= 4 is 52.2 Å². The topological polar surface area (TPSA) is 105 Å². The Morgan fingerprint density at radius 3 is 2.68 bits per heavy atom. The number of thioether (sulfide) groups is 1. The molecule has 11 heteroatoms. The number of rotatable bonds is 7. The molecule has 2 saturated heterocycles. The number of hydrogen-bond acceptors (Lipinski definition) is 7. The molecule has 1 atom stereocenters. The lowest BCUT2D eigenvalue weighted by Gasteiger charge is -2.23. The van der Waals surface area contributed by atoms with Crippen LogP contribution in [-0.4, -0.2) is 57.9 Å². The van der Waals surface area contributed by atoms with Crippen LogP contribution in [0.5, 0.6) is 11.5 Å². The van der Waals surface area contributed by atoms with Gasteiger partial charge in [-0.1, -0.05) is 36.1 Å². The van der Waals surface area contributed by atoms with E-state index in [9.17, 15) is 18.8 Å². The van der Waals surface area contributed by atoms with Gasteiger partial charge in [0.2, 0.25) is 5.91 Å². The maximum atomic E-state index is 14.7. The molecule has 1 unspecified atom stereocenters. The average Bonchev–Trinajstić information content (AvgIpc) is 3.04. The lowest BCUT2D eigenvalue weighted by Crippen LogP contribution is -2.46. The summed E-state index contributed by atoms with van der Waals surface area (Å²) < 4.78 is 25.7. The largest absolute Gasteiger partial charge is 0.480 e. The zero-order chi connectivity index (χ0) is 24.2. The lowest BCUT2D eigenvalue weighted by atomic mass is 10.1. The summed E-state index contributed by atoms with van der Waals surface area (Å²) in [6.45, 7) is -0.000139. The Bertz CT molecular complexity index is 1180. The maximum Gasteiger partial charge on any atom is 0.323 e. The molecule has 4 rings (SSSR count). The Labute approximate surface area is 203 Å². The second-order valence-electron chi connectivity index (χ2n) is 7.57. The number of benzene rings is 2. The maximum absolute atomic E-state index is 14.7. The summed E-state index contributed by atoms with van der Waals surface area (Å²) in [5.41, 5.74) is 1.14. The van der Waals surface area contributed by atoms with E-state index in [4.69, 9.17) is 26.8 Å². The highest BCUT2D eigenvalue weighted by atomic mass is 32.2. The fraction of sp³-hybridized carbons (Fsp3) is 0.217. The molecule has 8 nitrogen and oxygen atoms in total. The van der Waals surface area contributed by atoms with Gasteiger partial charge < -0.3 is 19.9 Å². The van der Waals surface area contributed by atoms with Crippen molar-refractivity contribution in [1.29, 1.82) is 0 Å². The van der Waals surface area contributed by atoms with Gasteiger partial charge in [-0.25, -0.2) is 4.39 Å². The fourth-order valence-corrected chi connectivity index (χ4v) is 4.68. The van der Waals surface area contributed by atoms with E-state index < -0.39 is 24.2 Å². The smallest absolute Gasteiger partial charge is 0.323 e. The van der Waals surface area contributed by atoms with E-state index >= 15 is 0 Å². The van der Waals surface area contributed by atoms with Crippen LogP contribution in [0.25, 0.3) is 6.08 Å². The summed E-state index contributed by atoms with van der Waals surface area (Å²) >= 11 is 5.97. The van der Waals surface area contributed by atoms with E-state index in [2.05, 4.69) is 5.32 Å². The van der Waals surface area contributed by atoms with Crippen molar-refractivity contribution in [3.63, 3.8) is 0 Å². The number of aliphatic carboxylic acids is 1. The first kappa shape index (κ1) is 23.9. The standard InChI is InChI=1S/C23H19FN2O6S2/c24-18-9-17(6-3-14(18)8-19-22(30)26(10-21(28)29)23(33)34-19)32-16-4-1-13(2-5-16)7-15-11-31-12-20(27)25-15/h1-6,8-9,15H,7,10-12H2,(H,25,27)(H,28,29). The zero-order valence-electron chi connectivity index (χ0n) is 17.7. The van der Waals surface area contributed by atoms with Crippen LogP contribution in [0.2, 0.25) is 0 Å². The molecule has 2 N–H and O–H groups in total. The lowest BCUT2D eigenvalue weighted by molar-refractivity contribution is -0.140. The minimum atomic E-state index is -1.19. The number of thiocarbonyl (C=S) groups is 1. The molecule has 2 aromatic rings. The SMILES string of the molecule is O=C(O)CN1C(=O)C(=Cc2ccc(Oc3ccc(CC4COCC(=O)N4)cc3)cc2F)SC1=S. The molecule has 2 heterocycles. The van der Waals surface area contributed by atoms with Gasteiger partial charge in [0.05, 0.1) is 17.6 Å². The highest BCUT2D eigenvalue weighted by molar-refractivity contribution is 8.26. The van der Waals surface area contributed by atoms with Gasteiger partial charge in [0.1, 0.15) is 34.8 Å². The van der Waals surface area contributed by atoms with Gasteiger partial charge in [-0.3, -0.25) is 19.3 Å². The molecule has 0 bridgehead atoms. The number of carboxylic acids is 1. The molecule has 2 aliphatic heterocycles. The van der Waals surface area contributed by atoms with Gasteiger partial charge in [0.15, 0.2) is 0 Å². The quantitative estimate of drug-likeness (QED) is 0.440. The Kier molecular flexibility index (Phi) is 7.25. The summed E-state index contributed by atoms with van der Waals surface area (Å²) in [5.74, 6) is -1.72. The Morgan fingerprint density at radius 2 is 2.00 bits per heavy atom. The third-order valence-corrected chi connectivity index (χ3v) is 6.36. The summed E-state index contributed by atoms with van der Waals surface area (Å²) in [4.78, 5) is 35.8. The number of carbonyl (C=O) groups excluding carboxylic acids is 2. The van der Waals surface area contributed by atoms with Crippen molar-refractivity contribution in [3.05, 3.63) is 64.3 Å². The zero-order valence-corrected chi connectivity index (χ0v) is 19.3.